The Hall–Kier alpha value is -3.26. The Bertz CT molecular complexity index is 956. The summed E-state index contributed by atoms with van der Waals surface area (Å²) in [6, 6.07) is 25.0. The predicted octanol–water partition coefficient (Wildman–Crippen LogP) is 6.57. The van der Waals surface area contributed by atoms with Crippen molar-refractivity contribution in [3.8, 4) is 33.8 Å². The van der Waals surface area contributed by atoms with Gasteiger partial charge < -0.3 is 0 Å². The fourth-order valence-corrected chi connectivity index (χ4v) is 2.92. The van der Waals surface area contributed by atoms with E-state index in [1.54, 1.807) is 6.20 Å². The molecule has 2 aromatic heterocycles. The van der Waals surface area contributed by atoms with E-state index in [1.165, 1.54) is 11.1 Å². The monoisotopic (exact) mass is 338 g/mol. The summed E-state index contributed by atoms with van der Waals surface area (Å²) in [6.07, 6.45) is 3.67. The number of aryl methyl sites for hydroxylation is 2. The average molecular weight is 338 g/mol. The minimum atomic E-state index is 0.849. The largest absolute Gasteiger partial charge is 0.361 e. The summed E-state index contributed by atoms with van der Waals surface area (Å²) in [5.41, 5.74) is 6.76. The lowest BCUT2D eigenvalue weighted by Gasteiger charge is -2.02. The van der Waals surface area contributed by atoms with Gasteiger partial charge in [0.05, 0.1) is 23.3 Å². The first-order valence-corrected chi connectivity index (χ1v) is 8.72. The van der Waals surface area contributed by atoms with E-state index in [0.717, 1.165) is 33.8 Å². The molecule has 0 aliphatic carbocycles. The molecule has 0 atom stereocenters. The second-order valence-corrected chi connectivity index (χ2v) is 6.55. The van der Waals surface area contributed by atoms with Crippen LogP contribution in [0.15, 0.2) is 89.6 Å². The van der Waals surface area contributed by atoms with Gasteiger partial charge in [-0.25, -0.2) is 4.42 Å². The quantitative estimate of drug-likeness (QED) is 0.394. The smallest absolute Gasteiger partial charge is 0.264 e. The van der Waals surface area contributed by atoms with Gasteiger partial charge in [-0.3, -0.25) is 4.98 Å². The summed E-state index contributed by atoms with van der Waals surface area (Å²) in [4.78, 5) is 4.26. The van der Waals surface area contributed by atoms with Gasteiger partial charge in [-0.05, 0) is 44.2 Å². The van der Waals surface area contributed by atoms with E-state index in [2.05, 4.69) is 85.6 Å². The van der Waals surface area contributed by atoms with Gasteiger partial charge in [0.25, 0.3) is 0 Å². The van der Waals surface area contributed by atoms with Crippen molar-refractivity contribution in [3.63, 3.8) is 0 Å². The minimum absolute atomic E-state index is 0.849. The fourth-order valence-electron chi connectivity index (χ4n) is 2.92. The Balaban J connectivity index is 1.89. The molecule has 0 saturated carbocycles. The molecule has 2 heteroatoms. The molecule has 2 heterocycles. The highest BCUT2D eigenvalue weighted by atomic mass is 16.3. The Kier molecular flexibility index (Phi) is 4.32. The zero-order valence-electron chi connectivity index (χ0n) is 14.9. The van der Waals surface area contributed by atoms with Crippen LogP contribution in [0.3, 0.4) is 0 Å². The first kappa shape index (κ1) is 16.2. The summed E-state index contributed by atoms with van der Waals surface area (Å²) < 4.78 is 6.27. The van der Waals surface area contributed by atoms with Gasteiger partial charge in [0.2, 0.25) is 0 Å². The van der Waals surface area contributed by atoms with E-state index in [-0.39, 0.29) is 0 Å². The fraction of sp³-hybridized carbons (Fsp3) is 0.0833. The molecule has 0 radical (unpaired) electrons. The molecule has 0 unspecified atom stereocenters. The summed E-state index contributed by atoms with van der Waals surface area (Å²) in [5.74, 6) is 1.70. The second kappa shape index (κ2) is 6.93. The summed E-state index contributed by atoms with van der Waals surface area (Å²) in [5, 5.41) is 0. The Labute approximate surface area is 153 Å². The average Bonchev–Trinajstić information content (AvgIpc) is 2.69. The molecule has 2 aromatic carbocycles. The zero-order valence-corrected chi connectivity index (χ0v) is 14.9. The van der Waals surface area contributed by atoms with E-state index in [9.17, 15) is 0 Å². The van der Waals surface area contributed by atoms with Crippen LogP contribution in [0.2, 0.25) is 0 Å². The summed E-state index contributed by atoms with van der Waals surface area (Å²) in [6.45, 7) is 4.18. The van der Waals surface area contributed by atoms with Crippen LogP contribution in [-0.4, -0.2) is 4.98 Å². The number of pyridine rings is 1. The summed E-state index contributed by atoms with van der Waals surface area (Å²) >= 11 is 0. The maximum atomic E-state index is 6.27. The molecule has 0 fully saturated rings. The van der Waals surface area contributed by atoms with Gasteiger partial charge in [-0.15, -0.1) is 0 Å². The zero-order chi connectivity index (χ0) is 17.9. The molecule has 26 heavy (non-hydrogen) atoms. The Morgan fingerprint density at radius 1 is 0.615 bits per heavy atom. The summed E-state index contributed by atoms with van der Waals surface area (Å²) in [7, 11) is 0. The molecule has 0 saturated heterocycles. The molecule has 0 bridgehead atoms. The van der Waals surface area contributed by atoms with E-state index < -0.39 is 0 Å². The van der Waals surface area contributed by atoms with Crippen LogP contribution in [0.4, 0.5) is 0 Å². The van der Waals surface area contributed by atoms with Gasteiger partial charge in [0, 0.05) is 23.5 Å². The number of rotatable bonds is 3. The van der Waals surface area contributed by atoms with Crippen LogP contribution in [0.5, 0.6) is 0 Å². The van der Waals surface area contributed by atoms with Crippen molar-refractivity contribution in [2.45, 2.75) is 13.8 Å². The van der Waals surface area contributed by atoms with E-state index in [4.69, 9.17) is 4.42 Å². The molecule has 0 N–H and O–H groups in total. The van der Waals surface area contributed by atoms with Crippen LogP contribution >= 0.6 is 0 Å². The number of nitrogens with zero attached hydrogens (tertiary/aromatic N) is 1. The first-order valence-electron chi connectivity index (χ1n) is 8.72. The van der Waals surface area contributed by atoms with Crippen molar-refractivity contribution in [1.29, 1.82) is 0 Å². The van der Waals surface area contributed by atoms with Crippen LogP contribution in [0.25, 0.3) is 33.8 Å². The lowest BCUT2D eigenvalue weighted by Crippen LogP contribution is -1.87. The minimum Gasteiger partial charge on any atom is -0.264 e. The molecule has 4 aromatic rings. The van der Waals surface area contributed by atoms with Crippen molar-refractivity contribution in [1.82, 2.24) is 4.98 Å². The third-order valence-electron chi connectivity index (χ3n) is 4.46. The highest BCUT2D eigenvalue weighted by molar-refractivity contribution is 5.74. The van der Waals surface area contributed by atoms with Crippen LogP contribution < -0.4 is 0 Å². The molecule has 0 aliphatic rings. The number of hydrogen-bond acceptors (Lipinski definition) is 1. The maximum Gasteiger partial charge on any atom is 0.361 e. The normalized spacial score (nSPS) is 10.7. The van der Waals surface area contributed by atoms with Crippen LogP contribution in [-0.2, 0) is 0 Å². The number of benzene rings is 2. The predicted molar refractivity (Wildman–Crippen MR) is 107 cm³/mol. The van der Waals surface area contributed by atoms with Crippen molar-refractivity contribution >= 4 is 0 Å². The molecule has 0 amide bonds. The van der Waals surface area contributed by atoms with Gasteiger partial charge in [-0.2, -0.15) is 0 Å². The van der Waals surface area contributed by atoms with Gasteiger partial charge in [0.1, 0.15) is 0 Å². The molecule has 126 valence electrons. The van der Waals surface area contributed by atoms with Gasteiger partial charge in [-0.1, -0.05) is 41.5 Å². The molecule has 4 rings (SSSR count). The maximum absolute atomic E-state index is 6.27. The van der Waals surface area contributed by atoms with Crippen molar-refractivity contribution in [2.75, 3.05) is 0 Å². The van der Waals surface area contributed by atoms with Gasteiger partial charge in [0.15, 0.2) is 0 Å². The third-order valence-corrected chi connectivity index (χ3v) is 4.46. The molecule has 0 spiro atoms. The highest BCUT2D eigenvalue weighted by Crippen LogP contribution is 2.32. The van der Waals surface area contributed by atoms with Crippen LogP contribution in [0, 0.1) is 13.8 Å². The van der Waals surface area contributed by atoms with E-state index in [1.807, 2.05) is 12.3 Å². The topological polar surface area (TPSA) is 24.2 Å². The number of hydrogen-bond donors (Lipinski definition) is 0. The first-order chi connectivity index (χ1) is 12.7. The van der Waals surface area contributed by atoms with Gasteiger partial charge >= 0.3 is 11.5 Å². The lowest BCUT2D eigenvalue weighted by atomic mass is 10.0. The molecular formula is C24H20NO+. The third kappa shape index (κ3) is 3.40. The Morgan fingerprint density at radius 2 is 1.15 bits per heavy atom. The molecule has 2 nitrogen and oxygen atoms in total. The van der Waals surface area contributed by atoms with Crippen molar-refractivity contribution in [3.05, 3.63) is 96.3 Å². The van der Waals surface area contributed by atoms with Crippen molar-refractivity contribution in [2.24, 2.45) is 0 Å². The number of aromatic nitrogens is 1. The van der Waals surface area contributed by atoms with Crippen LogP contribution in [0.1, 0.15) is 11.1 Å². The Morgan fingerprint density at radius 3 is 1.62 bits per heavy atom. The lowest BCUT2D eigenvalue weighted by molar-refractivity contribution is 0.582. The SMILES string of the molecule is Cc1ccc(-c2cc(-c3cccnc3)cc(-c3ccc(C)cc3)[o+]2)cc1. The van der Waals surface area contributed by atoms with E-state index >= 15 is 0 Å². The highest BCUT2D eigenvalue weighted by Gasteiger charge is 2.20. The molecule has 0 aliphatic heterocycles. The van der Waals surface area contributed by atoms with E-state index in [0.29, 0.717) is 0 Å². The van der Waals surface area contributed by atoms with Crippen molar-refractivity contribution < 1.29 is 4.42 Å². The molecular weight excluding hydrogens is 318 g/mol. The second-order valence-electron chi connectivity index (χ2n) is 6.55. The standard InChI is InChI=1S/C24H20NO/c1-17-5-9-19(10-6-17)23-14-22(21-4-3-13-25-16-21)15-24(26-23)20-11-7-18(2)8-12-20/h3-16H,1-2H3/q+1.